The fourth-order valence-corrected chi connectivity index (χ4v) is 4.27. The van der Waals surface area contributed by atoms with E-state index < -0.39 is 0 Å². The van der Waals surface area contributed by atoms with Gasteiger partial charge in [0.15, 0.2) is 6.61 Å². The summed E-state index contributed by atoms with van der Waals surface area (Å²) in [5.74, 6) is 0.150. The van der Waals surface area contributed by atoms with Crippen molar-refractivity contribution in [3.05, 3.63) is 43.8 Å². The highest BCUT2D eigenvalue weighted by molar-refractivity contribution is 7.14. The van der Waals surface area contributed by atoms with Gasteiger partial charge in [0.1, 0.15) is 4.88 Å². The Balaban J connectivity index is 1.62. The lowest BCUT2D eigenvalue weighted by Gasteiger charge is -2.16. The molecule has 3 nitrogen and oxygen atoms in total. The Morgan fingerprint density at radius 1 is 1.38 bits per heavy atom. The molecule has 0 spiro atoms. The van der Waals surface area contributed by atoms with E-state index in [9.17, 15) is 9.59 Å². The summed E-state index contributed by atoms with van der Waals surface area (Å²) >= 11 is 2.87. The summed E-state index contributed by atoms with van der Waals surface area (Å²) < 4.78 is 5.15. The molecule has 0 saturated heterocycles. The summed E-state index contributed by atoms with van der Waals surface area (Å²) in [4.78, 5) is 26.4. The van der Waals surface area contributed by atoms with E-state index in [-0.39, 0.29) is 18.4 Å². The van der Waals surface area contributed by atoms with Crippen molar-refractivity contribution in [2.75, 3.05) is 6.61 Å². The van der Waals surface area contributed by atoms with Gasteiger partial charge in [-0.2, -0.15) is 0 Å². The third-order valence-electron chi connectivity index (χ3n) is 3.66. The van der Waals surface area contributed by atoms with Crippen molar-refractivity contribution < 1.29 is 14.3 Å². The monoisotopic (exact) mass is 320 g/mol. The van der Waals surface area contributed by atoms with Crippen molar-refractivity contribution in [2.45, 2.75) is 26.2 Å². The van der Waals surface area contributed by atoms with Gasteiger partial charge >= 0.3 is 5.97 Å². The van der Waals surface area contributed by atoms with Gasteiger partial charge in [-0.05, 0) is 48.3 Å². The van der Waals surface area contributed by atoms with Crippen molar-refractivity contribution in [3.8, 4) is 0 Å². The minimum absolute atomic E-state index is 0.145. The number of ketones is 1. The van der Waals surface area contributed by atoms with Gasteiger partial charge in [0.2, 0.25) is 5.78 Å². The summed E-state index contributed by atoms with van der Waals surface area (Å²) in [6.07, 6.45) is 3.26. The van der Waals surface area contributed by atoms with E-state index in [1.165, 1.54) is 39.5 Å². The minimum Gasteiger partial charge on any atom is -0.453 e. The van der Waals surface area contributed by atoms with Crippen molar-refractivity contribution >= 4 is 34.4 Å². The Kier molecular flexibility index (Phi) is 4.22. The maximum atomic E-state index is 12.1. The molecule has 0 aliphatic heterocycles. The van der Waals surface area contributed by atoms with Crippen LogP contribution >= 0.6 is 22.7 Å². The van der Waals surface area contributed by atoms with Crippen LogP contribution in [0, 0.1) is 5.92 Å². The molecule has 0 unspecified atom stereocenters. The van der Waals surface area contributed by atoms with Gasteiger partial charge in [-0.15, -0.1) is 22.7 Å². The van der Waals surface area contributed by atoms with Crippen LogP contribution < -0.4 is 0 Å². The van der Waals surface area contributed by atoms with Crippen LogP contribution in [-0.4, -0.2) is 18.4 Å². The number of hydrogen-bond donors (Lipinski definition) is 0. The van der Waals surface area contributed by atoms with Gasteiger partial charge in [0.25, 0.3) is 0 Å². The van der Waals surface area contributed by atoms with E-state index in [4.69, 9.17) is 4.74 Å². The summed E-state index contributed by atoms with van der Waals surface area (Å²) in [5, 5.41) is 1.84. The first-order chi connectivity index (χ1) is 10.1. The molecule has 2 heterocycles. The Hall–Kier alpha value is -1.46. The molecule has 2 aromatic rings. The van der Waals surface area contributed by atoms with Crippen LogP contribution in [0.3, 0.4) is 0 Å². The molecule has 21 heavy (non-hydrogen) atoms. The molecule has 1 aliphatic carbocycles. The maximum absolute atomic E-state index is 12.1. The van der Waals surface area contributed by atoms with Crippen LogP contribution in [0.25, 0.3) is 0 Å². The zero-order valence-corrected chi connectivity index (χ0v) is 13.4. The van der Waals surface area contributed by atoms with Crippen LogP contribution in [0.5, 0.6) is 0 Å². The lowest BCUT2D eigenvalue weighted by Crippen LogP contribution is -2.12. The molecule has 0 aromatic carbocycles. The van der Waals surface area contributed by atoms with E-state index in [0.29, 0.717) is 15.7 Å². The molecule has 2 aromatic heterocycles. The van der Waals surface area contributed by atoms with Gasteiger partial charge < -0.3 is 4.74 Å². The van der Waals surface area contributed by atoms with E-state index in [2.05, 4.69) is 6.92 Å². The van der Waals surface area contributed by atoms with Crippen LogP contribution in [0.1, 0.15) is 43.1 Å². The van der Waals surface area contributed by atoms with E-state index in [1.54, 1.807) is 6.07 Å². The number of carbonyl (C=O) groups is 2. The number of hydrogen-bond acceptors (Lipinski definition) is 5. The lowest BCUT2D eigenvalue weighted by atomic mass is 9.90. The number of ether oxygens (including phenoxy) is 1. The fraction of sp³-hybridized carbons (Fsp3) is 0.375. The molecule has 0 saturated carbocycles. The first kappa shape index (κ1) is 14.5. The Morgan fingerprint density at radius 3 is 3.00 bits per heavy atom. The Morgan fingerprint density at radius 2 is 2.24 bits per heavy atom. The zero-order chi connectivity index (χ0) is 14.8. The summed E-state index contributed by atoms with van der Waals surface area (Å²) in [6, 6.07) is 5.49. The van der Waals surface area contributed by atoms with E-state index >= 15 is 0 Å². The average Bonchev–Trinajstić information content (AvgIpc) is 3.12. The second kappa shape index (κ2) is 6.12. The van der Waals surface area contributed by atoms with Gasteiger partial charge in [0.05, 0.1) is 4.88 Å². The highest BCUT2D eigenvalue weighted by Gasteiger charge is 2.22. The van der Waals surface area contributed by atoms with Gasteiger partial charge in [-0.25, -0.2) is 4.79 Å². The quantitative estimate of drug-likeness (QED) is 0.632. The molecule has 1 aliphatic rings. The summed E-state index contributed by atoms with van der Waals surface area (Å²) in [5.41, 5.74) is 1.27. The number of rotatable bonds is 4. The number of fused-ring (bicyclic) bond motifs is 1. The fourth-order valence-electron chi connectivity index (χ4n) is 2.52. The van der Waals surface area contributed by atoms with Crippen molar-refractivity contribution in [1.82, 2.24) is 0 Å². The molecule has 0 fully saturated rings. The predicted molar refractivity (Wildman–Crippen MR) is 84.4 cm³/mol. The maximum Gasteiger partial charge on any atom is 0.348 e. The topological polar surface area (TPSA) is 43.4 Å². The zero-order valence-electron chi connectivity index (χ0n) is 11.8. The molecule has 0 radical (unpaired) electrons. The second-order valence-corrected chi connectivity index (χ2v) is 7.47. The first-order valence-corrected chi connectivity index (χ1v) is 8.68. The third kappa shape index (κ3) is 3.24. The molecular weight excluding hydrogens is 304 g/mol. The largest absolute Gasteiger partial charge is 0.453 e. The number of aryl methyl sites for hydroxylation is 1. The molecule has 0 amide bonds. The van der Waals surface area contributed by atoms with Crippen molar-refractivity contribution in [3.63, 3.8) is 0 Å². The van der Waals surface area contributed by atoms with Crippen LogP contribution in [0.2, 0.25) is 0 Å². The van der Waals surface area contributed by atoms with Crippen LogP contribution in [-0.2, 0) is 17.6 Å². The minimum atomic E-state index is -0.382. The van der Waals surface area contributed by atoms with Crippen molar-refractivity contribution in [1.29, 1.82) is 0 Å². The predicted octanol–water partition coefficient (Wildman–Crippen LogP) is 3.97. The number of esters is 1. The third-order valence-corrected chi connectivity index (χ3v) is 5.79. The molecule has 1 atom stereocenters. The summed E-state index contributed by atoms with van der Waals surface area (Å²) in [6.45, 7) is 2.05. The molecule has 5 heteroatoms. The van der Waals surface area contributed by atoms with Gasteiger partial charge in [0, 0.05) is 4.88 Å². The molecule has 0 bridgehead atoms. The molecule has 110 valence electrons. The number of thiophene rings is 2. The van der Waals surface area contributed by atoms with Crippen molar-refractivity contribution in [2.24, 2.45) is 5.92 Å². The highest BCUT2D eigenvalue weighted by Crippen LogP contribution is 2.32. The summed E-state index contributed by atoms with van der Waals surface area (Å²) in [7, 11) is 0. The Bertz CT molecular complexity index is 655. The second-order valence-electron chi connectivity index (χ2n) is 5.38. The molecular formula is C16H16O3S2. The van der Waals surface area contributed by atoms with E-state index in [0.717, 1.165) is 12.8 Å². The molecule has 3 rings (SSSR count). The lowest BCUT2D eigenvalue weighted by molar-refractivity contribution is 0.0480. The highest BCUT2D eigenvalue weighted by atomic mass is 32.1. The number of carbonyl (C=O) groups excluding carboxylic acids is 2. The standard InChI is InChI=1S/C16H16O3S2/c1-10-4-5-13-11(7-10)8-15(21-13)16(18)19-9-12(17)14-3-2-6-20-14/h2-3,6,8,10H,4-5,7,9H2,1H3/t10-/m1/s1. The smallest absolute Gasteiger partial charge is 0.348 e. The van der Waals surface area contributed by atoms with Gasteiger partial charge in [-0.1, -0.05) is 13.0 Å². The SMILES string of the molecule is C[C@@H]1CCc2sc(C(=O)OCC(=O)c3cccs3)cc2C1. The molecule has 0 N–H and O–H groups in total. The number of Topliss-reactive ketones (excluding diaryl/α,β-unsaturated/α-hetero) is 1. The normalized spacial score (nSPS) is 17.3. The van der Waals surface area contributed by atoms with Gasteiger partial charge in [-0.3, -0.25) is 4.79 Å². The van der Waals surface area contributed by atoms with E-state index in [1.807, 2.05) is 17.5 Å². The van der Waals surface area contributed by atoms with Crippen LogP contribution in [0.15, 0.2) is 23.6 Å². The van der Waals surface area contributed by atoms with Crippen LogP contribution in [0.4, 0.5) is 0 Å². The average molecular weight is 320 g/mol. The Labute approximate surface area is 131 Å². The first-order valence-electron chi connectivity index (χ1n) is 6.99.